The first-order chi connectivity index (χ1) is 14.9. The van der Waals surface area contributed by atoms with Crippen LogP contribution in [0.3, 0.4) is 0 Å². The molecule has 0 fully saturated rings. The number of thioether (sulfide) groups is 1. The Morgan fingerprint density at radius 2 is 1.87 bits per heavy atom. The summed E-state index contributed by atoms with van der Waals surface area (Å²) in [5.74, 6) is 1.04. The fourth-order valence-electron chi connectivity index (χ4n) is 2.99. The maximum atomic E-state index is 12.5. The van der Waals surface area contributed by atoms with E-state index in [-0.39, 0.29) is 23.6 Å². The highest BCUT2D eigenvalue weighted by molar-refractivity contribution is 7.99. The van der Waals surface area contributed by atoms with Crippen molar-refractivity contribution in [2.75, 3.05) is 11.1 Å². The van der Waals surface area contributed by atoms with Crippen LogP contribution in [0.15, 0.2) is 47.8 Å². The second-order valence-corrected chi connectivity index (χ2v) is 8.09. The van der Waals surface area contributed by atoms with Crippen LogP contribution in [-0.4, -0.2) is 37.3 Å². The van der Waals surface area contributed by atoms with Gasteiger partial charge in [-0.15, -0.1) is 10.2 Å². The summed E-state index contributed by atoms with van der Waals surface area (Å²) in [5.41, 5.74) is 2.59. The number of nitrogens with one attached hydrogen (secondary N) is 2. The van der Waals surface area contributed by atoms with Crippen LogP contribution in [0, 0.1) is 13.8 Å². The Morgan fingerprint density at radius 3 is 2.55 bits per heavy atom. The lowest BCUT2D eigenvalue weighted by atomic mass is 10.1. The van der Waals surface area contributed by atoms with Crippen molar-refractivity contribution in [1.29, 1.82) is 0 Å². The van der Waals surface area contributed by atoms with Gasteiger partial charge in [-0.3, -0.25) is 9.59 Å². The van der Waals surface area contributed by atoms with Crippen molar-refractivity contribution in [3.05, 3.63) is 65.1 Å². The molecule has 162 valence electrons. The van der Waals surface area contributed by atoms with Crippen molar-refractivity contribution in [3.8, 4) is 0 Å². The minimum Gasteiger partial charge on any atom is -0.342 e. The van der Waals surface area contributed by atoms with Gasteiger partial charge in [-0.2, -0.15) is 0 Å². The molecule has 8 nitrogen and oxygen atoms in total. The molecule has 0 spiro atoms. The van der Waals surface area contributed by atoms with E-state index in [2.05, 4.69) is 25.8 Å². The number of benzene rings is 1. The standard InChI is InChI=1S/C22H26N6O2S/c1-5-28-20(16(4)24-21(30)17-10-8-14(2)9-11-17)26-27-22(28)31-13-18(29)25-19-15(3)7-6-12-23-19/h6-12,16H,5,13H2,1-4H3,(H,24,30)(H,23,25,29)/t16-/m1/s1. The first-order valence-electron chi connectivity index (χ1n) is 10.0. The van der Waals surface area contributed by atoms with E-state index in [0.717, 1.165) is 11.1 Å². The van der Waals surface area contributed by atoms with Gasteiger partial charge in [-0.05, 0) is 51.5 Å². The van der Waals surface area contributed by atoms with Crippen LogP contribution in [0.25, 0.3) is 0 Å². The van der Waals surface area contributed by atoms with Crippen molar-refractivity contribution in [1.82, 2.24) is 25.1 Å². The first kappa shape index (κ1) is 22.5. The largest absolute Gasteiger partial charge is 0.342 e. The molecule has 0 unspecified atom stereocenters. The van der Waals surface area contributed by atoms with Crippen LogP contribution < -0.4 is 10.6 Å². The summed E-state index contributed by atoms with van der Waals surface area (Å²) in [4.78, 5) is 29.0. The first-order valence-corrected chi connectivity index (χ1v) is 11.0. The Kier molecular flexibility index (Phi) is 7.41. The number of pyridine rings is 1. The van der Waals surface area contributed by atoms with Gasteiger partial charge in [0.1, 0.15) is 5.82 Å². The minimum absolute atomic E-state index is 0.167. The molecule has 0 aliphatic carbocycles. The zero-order chi connectivity index (χ0) is 22.4. The highest BCUT2D eigenvalue weighted by atomic mass is 32.2. The summed E-state index contributed by atoms with van der Waals surface area (Å²) in [6.45, 7) is 8.33. The zero-order valence-electron chi connectivity index (χ0n) is 18.0. The minimum atomic E-state index is -0.333. The Bertz CT molecular complexity index is 1060. The molecule has 3 aromatic rings. The molecule has 31 heavy (non-hydrogen) atoms. The van der Waals surface area contributed by atoms with Gasteiger partial charge in [0.2, 0.25) is 5.91 Å². The zero-order valence-corrected chi connectivity index (χ0v) is 18.9. The molecule has 2 heterocycles. The highest BCUT2D eigenvalue weighted by Crippen LogP contribution is 2.21. The van der Waals surface area contributed by atoms with Crippen LogP contribution in [0.2, 0.25) is 0 Å². The Labute approximate surface area is 185 Å². The Morgan fingerprint density at radius 1 is 1.13 bits per heavy atom. The van der Waals surface area contributed by atoms with Crippen molar-refractivity contribution in [3.63, 3.8) is 0 Å². The van der Waals surface area contributed by atoms with Crippen molar-refractivity contribution < 1.29 is 9.59 Å². The van der Waals surface area contributed by atoms with Gasteiger partial charge in [-0.25, -0.2) is 4.98 Å². The lowest BCUT2D eigenvalue weighted by Gasteiger charge is -2.15. The maximum Gasteiger partial charge on any atom is 0.251 e. The van der Waals surface area contributed by atoms with Crippen LogP contribution in [-0.2, 0) is 11.3 Å². The maximum absolute atomic E-state index is 12.5. The number of nitrogens with zero attached hydrogens (tertiary/aromatic N) is 4. The van der Waals surface area contributed by atoms with Crippen molar-refractivity contribution in [2.45, 2.75) is 45.4 Å². The second-order valence-electron chi connectivity index (χ2n) is 7.15. The number of amides is 2. The van der Waals surface area contributed by atoms with Gasteiger partial charge in [0.15, 0.2) is 11.0 Å². The van der Waals surface area contributed by atoms with Gasteiger partial charge < -0.3 is 15.2 Å². The van der Waals surface area contributed by atoms with Crippen LogP contribution in [0.1, 0.15) is 47.2 Å². The van der Waals surface area contributed by atoms with E-state index < -0.39 is 0 Å². The van der Waals surface area contributed by atoms with Crippen molar-refractivity contribution >= 4 is 29.4 Å². The molecular formula is C22H26N6O2S. The van der Waals surface area contributed by atoms with Gasteiger partial charge >= 0.3 is 0 Å². The summed E-state index contributed by atoms with van der Waals surface area (Å²) >= 11 is 1.30. The lowest BCUT2D eigenvalue weighted by molar-refractivity contribution is -0.113. The van der Waals surface area contributed by atoms with Crippen LogP contribution >= 0.6 is 11.8 Å². The molecule has 1 atom stereocenters. The Hall–Kier alpha value is -3.20. The third kappa shape index (κ3) is 5.69. The van der Waals surface area contributed by atoms with Crippen LogP contribution in [0.4, 0.5) is 5.82 Å². The number of carbonyl (C=O) groups is 2. The number of carbonyl (C=O) groups excluding carboxylic acids is 2. The summed E-state index contributed by atoms with van der Waals surface area (Å²) in [6, 6.07) is 10.8. The van der Waals surface area contributed by atoms with E-state index in [1.807, 2.05) is 56.5 Å². The number of hydrogen-bond acceptors (Lipinski definition) is 6. The van der Waals surface area contributed by atoms with Crippen molar-refractivity contribution in [2.24, 2.45) is 0 Å². The summed E-state index contributed by atoms with van der Waals surface area (Å²) in [6.07, 6.45) is 1.64. The summed E-state index contributed by atoms with van der Waals surface area (Å²) in [7, 11) is 0. The van der Waals surface area contributed by atoms with E-state index in [9.17, 15) is 9.59 Å². The van der Waals surface area contributed by atoms with Gasteiger partial charge in [0, 0.05) is 18.3 Å². The predicted octanol–water partition coefficient (Wildman–Crippen LogP) is 3.53. The molecule has 2 N–H and O–H groups in total. The number of aromatic nitrogens is 4. The van der Waals surface area contributed by atoms with E-state index in [1.54, 1.807) is 18.3 Å². The second kappa shape index (κ2) is 10.2. The number of aryl methyl sites for hydroxylation is 2. The van der Waals surface area contributed by atoms with Gasteiger partial charge in [0.05, 0.1) is 11.8 Å². The average Bonchev–Trinajstić information content (AvgIpc) is 3.17. The molecule has 0 aliphatic rings. The smallest absolute Gasteiger partial charge is 0.251 e. The quantitative estimate of drug-likeness (QED) is 0.522. The van der Waals surface area contributed by atoms with E-state index in [0.29, 0.717) is 28.9 Å². The molecule has 9 heteroatoms. The van der Waals surface area contributed by atoms with Gasteiger partial charge in [-0.1, -0.05) is 35.5 Å². The molecule has 1 aromatic carbocycles. The predicted molar refractivity (Wildman–Crippen MR) is 121 cm³/mol. The number of rotatable bonds is 8. The molecule has 0 saturated carbocycles. The average molecular weight is 439 g/mol. The summed E-state index contributed by atoms with van der Waals surface area (Å²) < 4.78 is 1.91. The third-order valence-corrected chi connectivity index (χ3v) is 5.68. The van der Waals surface area contributed by atoms with E-state index in [4.69, 9.17) is 0 Å². The lowest BCUT2D eigenvalue weighted by Crippen LogP contribution is -2.28. The van der Waals surface area contributed by atoms with E-state index >= 15 is 0 Å². The molecular weight excluding hydrogens is 412 g/mol. The summed E-state index contributed by atoms with van der Waals surface area (Å²) in [5, 5.41) is 14.9. The monoisotopic (exact) mass is 438 g/mol. The van der Waals surface area contributed by atoms with Gasteiger partial charge in [0.25, 0.3) is 5.91 Å². The molecule has 0 radical (unpaired) electrons. The highest BCUT2D eigenvalue weighted by Gasteiger charge is 2.20. The topological polar surface area (TPSA) is 102 Å². The SMILES string of the molecule is CCn1c(SCC(=O)Nc2ncccc2C)nnc1[C@@H](C)NC(=O)c1ccc(C)cc1. The fourth-order valence-corrected chi connectivity index (χ4v) is 3.80. The molecule has 2 amide bonds. The fraction of sp³-hybridized carbons (Fsp3) is 0.318. The third-order valence-electron chi connectivity index (χ3n) is 4.71. The molecule has 0 bridgehead atoms. The normalized spacial score (nSPS) is 11.7. The molecule has 2 aromatic heterocycles. The Balaban J connectivity index is 1.63. The van der Waals surface area contributed by atoms with E-state index in [1.165, 1.54) is 11.8 Å². The number of anilines is 1. The van der Waals surface area contributed by atoms with Crippen LogP contribution in [0.5, 0.6) is 0 Å². The molecule has 0 saturated heterocycles. The number of hydrogen-bond donors (Lipinski definition) is 2. The molecule has 0 aliphatic heterocycles. The molecule has 3 rings (SSSR count).